The molecule has 4 nitrogen and oxygen atoms in total. The van der Waals surface area contributed by atoms with E-state index in [2.05, 4.69) is 24.5 Å². The van der Waals surface area contributed by atoms with E-state index in [9.17, 15) is 9.59 Å². The number of nitrogens with one attached hydrogen (secondary N) is 2. The lowest BCUT2D eigenvalue weighted by atomic mass is 10.2. The van der Waals surface area contributed by atoms with Gasteiger partial charge in [-0.05, 0) is 12.8 Å². The fraction of sp³-hybridized carbons (Fsp3) is 0.846. The van der Waals surface area contributed by atoms with Gasteiger partial charge in [0.2, 0.25) is 11.8 Å². The smallest absolute Gasteiger partial charge is 0.229 e. The highest BCUT2D eigenvalue weighted by molar-refractivity contribution is 5.96. The first-order valence-corrected chi connectivity index (χ1v) is 6.74. The van der Waals surface area contributed by atoms with Gasteiger partial charge in [-0.2, -0.15) is 0 Å². The molecule has 0 aromatic heterocycles. The summed E-state index contributed by atoms with van der Waals surface area (Å²) in [5.41, 5.74) is 0. The minimum absolute atomic E-state index is 0.0434. The Hall–Kier alpha value is -1.06. The summed E-state index contributed by atoms with van der Waals surface area (Å²) in [6.07, 6.45) is 6.42. The SMILES string of the molecule is CCCCCNC(=O)CC(=O)NCCCCC. The van der Waals surface area contributed by atoms with E-state index < -0.39 is 0 Å². The zero-order valence-corrected chi connectivity index (χ0v) is 11.2. The van der Waals surface area contributed by atoms with Crippen molar-refractivity contribution in [3.05, 3.63) is 0 Å². The molecule has 0 saturated carbocycles. The van der Waals surface area contributed by atoms with Crippen LogP contribution in [0.1, 0.15) is 58.8 Å². The summed E-state index contributed by atoms with van der Waals surface area (Å²) in [6, 6.07) is 0. The first-order chi connectivity index (χ1) is 8.20. The molecule has 0 unspecified atom stereocenters. The van der Waals surface area contributed by atoms with E-state index in [-0.39, 0.29) is 18.2 Å². The van der Waals surface area contributed by atoms with Crippen LogP contribution in [0.4, 0.5) is 0 Å². The van der Waals surface area contributed by atoms with Gasteiger partial charge in [-0.3, -0.25) is 9.59 Å². The van der Waals surface area contributed by atoms with Crippen LogP contribution in [0, 0.1) is 0 Å². The van der Waals surface area contributed by atoms with Gasteiger partial charge in [0.25, 0.3) is 0 Å². The Kier molecular flexibility index (Phi) is 10.7. The third-order valence-electron chi connectivity index (χ3n) is 2.53. The molecule has 0 fully saturated rings. The van der Waals surface area contributed by atoms with E-state index in [4.69, 9.17) is 0 Å². The monoisotopic (exact) mass is 242 g/mol. The highest BCUT2D eigenvalue weighted by atomic mass is 16.2. The van der Waals surface area contributed by atoms with Gasteiger partial charge in [-0.1, -0.05) is 39.5 Å². The summed E-state index contributed by atoms with van der Waals surface area (Å²) in [5, 5.41) is 5.50. The number of amides is 2. The highest BCUT2D eigenvalue weighted by Gasteiger charge is 2.07. The highest BCUT2D eigenvalue weighted by Crippen LogP contribution is 1.93. The van der Waals surface area contributed by atoms with Gasteiger partial charge in [0, 0.05) is 13.1 Å². The fourth-order valence-corrected chi connectivity index (χ4v) is 1.48. The molecule has 0 aliphatic carbocycles. The van der Waals surface area contributed by atoms with Gasteiger partial charge in [0.15, 0.2) is 0 Å². The third-order valence-corrected chi connectivity index (χ3v) is 2.53. The second kappa shape index (κ2) is 11.4. The maximum Gasteiger partial charge on any atom is 0.229 e. The molecule has 0 aromatic carbocycles. The van der Waals surface area contributed by atoms with Crippen molar-refractivity contribution in [3.8, 4) is 0 Å². The van der Waals surface area contributed by atoms with Gasteiger partial charge in [-0.15, -0.1) is 0 Å². The van der Waals surface area contributed by atoms with E-state index in [1.165, 1.54) is 0 Å². The van der Waals surface area contributed by atoms with Crippen LogP contribution in [0.5, 0.6) is 0 Å². The Bertz CT molecular complexity index is 195. The van der Waals surface area contributed by atoms with Gasteiger partial charge < -0.3 is 10.6 Å². The molecular formula is C13H26N2O2. The lowest BCUT2D eigenvalue weighted by Crippen LogP contribution is -2.32. The number of unbranched alkanes of at least 4 members (excludes halogenated alkanes) is 4. The van der Waals surface area contributed by atoms with E-state index in [0.717, 1.165) is 38.5 Å². The Morgan fingerprint density at radius 2 is 1.18 bits per heavy atom. The Morgan fingerprint density at radius 1 is 0.765 bits per heavy atom. The molecule has 0 aliphatic heterocycles. The van der Waals surface area contributed by atoms with Crippen LogP contribution in [-0.2, 0) is 9.59 Å². The molecule has 100 valence electrons. The van der Waals surface area contributed by atoms with Crippen molar-refractivity contribution >= 4 is 11.8 Å². The van der Waals surface area contributed by atoms with Crippen molar-refractivity contribution in [1.29, 1.82) is 0 Å². The van der Waals surface area contributed by atoms with E-state index in [1.54, 1.807) is 0 Å². The summed E-state index contributed by atoms with van der Waals surface area (Å²) in [5.74, 6) is -0.344. The second-order valence-electron chi connectivity index (χ2n) is 4.29. The van der Waals surface area contributed by atoms with Gasteiger partial charge in [0.1, 0.15) is 6.42 Å². The molecule has 2 amide bonds. The zero-order chi connectivity index (χ0) is 12.9. The van der Waals surface area contributed by atoms with Crippen LogP contribution in [-0.4, -0.2) is 24.9 Å². The van der Waals surface area contributed by atoms with Crippen LogP contribution in [0.15, 0.2) is 0 Å². The standard InChI is InChI=1S/C13H26N2O2/c1-3-5-7-9-14-12(16)11-13(17)15-10-8-6-4-2/h3-11H2,1-2H3,(H,14,16)(H,15,17). The van der Waals surface area contributed by atoms with E-state index in [0.29, 0.717) is 13.1 Å². The Balaban J connectivity index is 3.42. The lowest BCUT2D eigenvalue weighted by Gasteiger charge is -2.06. The molecule has 0 rings (SSSR count). The van der Waals surface area contributed by atoms with E-state index in [1.807, 2.05) is 0 Å². The summed E-state index contributed by atoms with van der Waals surface area (Å²) in [7, 11) is 0. The predicted octanol–water partition coefficient (Wildman–Crippen LogP) is 1.99. The Morgan fingerprint density at radius 3 is 1.53 bits per heavy atom. The molecule has 0 atom stereocenters. The van der Waals surface area contributed by atoms with Crippen LogP contribution in [0.2, 0.25) is 0 Å². The summed E-state index contributed by atoms with van der Waals surface area (Å²) >= 11 is 0. The van der Waals surface area contributed by atoms with Crippen molar-refractivity contribution < 1.29 is 9.59 Å². The number of hydrogen-bond donors (Lipinski definition) is 2. The van der Waals surface area contributed by atoms with Crippen molar-refractivity contribution in [2.45, 2.75) is 58.8 Å². The minimum atomic E-state index is -0.172. The zero-order valence-electron chi connectivity index (χ0n) is 11.2. The molecule has 0 saturated heterocycles. The van der Waals surface area contributed by atoms with Crippen molar-refractivity contribution in [3.63, 3.8) is 0 Å². The largest absolute Gasteiger partial charge is 0.356 e. The molecule has 2 N–H and O–H groups in total. The number of rotatable bonds is 10. The van der Waals surface area contributed by atoms with Gasteiger partial charge >= 0.3 is 0 Å². The lowest BCUT2D eigenvalue weighted by molar-refractivity contribution is -0.129. The van der Waals surface area contributed by atoms with Gasteiger partial charge in [-0.25, -0.2) is 0 Å². The maximum atomic E-state index is 11.3. The summed E-state index contributed by atoms with van der Waals surface area (Å²) in [6.45, 7) is 5.59. The number of carbonyl (C=O) groups excluding carboxylic acids is 2. The number of hydrogen-bond acceptors (Lipinski definition) is 2. The number of carbonyl (C=O) groups is 2. The van der Waals surface area contributed by atoms with Gasteiger partial charge in [0.05, 0.1) is 0 Å². The summed E-state index contributed by atoms with van der Waals surface area (Å²) in [4.78, 5) is 22.7. The average Bonchev–Trinajstić information content (AvgIpc) is 2.30. The molecule has 0 radical (unpaired) electrons. The summed E-state index contributed by atoms with van der Waals surface area (Å²) < 4.78 is 0. The second-order valence-corrected chi connectivity index (χ2v) is 4.29. The van der Waals surface area contributed by atoms with Crippen molar-refractivity contribution in [2.24, 2.45) is 0 Å². The first-order valence-electron chi connectivity index (χ1n) is 6.74. The topological polar surface area (TPSA) is 58.2 Å². The van der Waals surface area contributed by atoms with Crippen LogP contribution in [0.25, 0.3) is 0 Å². The minimum Gasteiger partial charge on any atom is -0.356 e. The molecule has 4 heteroatoms. The van der Waals surface area contributed by atoms with Crippen molar-refractivity contribution in [1.82, 2.24) is 10.6 Å². The van der Waals surface area contributed by atoms with Crippen LogP contribution in [0.3, 0.4) is 0 Å². The first kappa shape index (κ1) is 15.9. The van der Waals surface area contributed by atoms with Crippen LogP contribution < -0.4 is 10.6 Å². The molecule has 0 aliphatic rings. The molecule has 0 aromatic rings. The fourth-order valence-electron chi connectivity index (χ4n) is 1.48. The Labute approximate surface area is 105 Å². The predicted molar refractivity (Wildman–Crippen MR) is 69.7 cm³/mol. The third kappa shape index (κ3) is 11.2. The van der Waals surface area contributed by atoms with Crippen molar-refractivity contribution in [2.75, 3.05) is 13.1 Å². The average molecular weight is 242 g/mol. The molecule has 17 heavy (non-hydrogen) atoms. The molecule has 0 heterocycles. The molecule has 0 bridgehead atoms. The molecular weight excluding hydrogens is 216 g/mol. The molecule has 0 spiro atoms. The van der Waals surface area contributed by atoms with E-state index >= 15 is 0 Å². The maximum absolute atomic E-state index is 11.3. The normalized spacial score (nSPS) is 10.0. The quantitative estimate of drug-likeness (QED) is 0.454. The van der Waals surface area contributed by atoms with Crippen LogP contribution >= 0.6 is 0 Å².